The van der Waals surface area contributed by atoms with E-state index in [0.717, 1.165) is 6.54 Å². The molecule has 5 nitrogen and oxygen atoms in total. The van der Waals surface area contributed by atoms with Gasteiger partial charge in [0.25, 0.3) is 0 Å². The smallest absolute Gasteiger partial charge is 0.229 e. The predicted octanol–water partition coefficient (Wildman–Crippen LogP) is 2.82. The minimum Gasteiger partial charge on any atom is -0.486 e. The molecule has 0 spiro atoms. The van der Waals surface area contributed by atoms with Crippen LogP contribution in [0.3, 0.4) is 0 Å². The number of carbonyl (C=O) groups excluding carboxylic acids is 1. The van der Waals surface area contributed by atoms with Gasteiger partial charge >= 0.3 is 0 Å². The fourth-order valence-corrected chi connectivity index (χ4v) is 3.40. The van der Waals surface area contributed by atoms with Crippen LogP contribution in [0.25, 0.3) is 0 Å². The van der Waals surface area contributed by atoms with Gasteiger partial charge in [0, 0.05) is 19.0 Å². The average molecular weight is 361 g/mol. The van der Waals surface area contributed by atoms with Gasteiger partial charge in [0.1, 0.15) is 13.2 Å². The summed E-state index contributed by atoms with van der Waals surface area (Å²) in [6, 6.07) is 15.8. The normalized spacial score (nSPS) is 21.3. The Morgan fingerprint density at radius 2 is 1.80 bits per heavy atom. The van der Waals surface area contributed by atoms with Crippen molar-refractivity contribution in [2.75, 3.05) is 31.6 Å². The van der Waals surface area contributed by atoms with Crippen molar-refractivity contribution < 1.29 is 14.3 Å². The lowest BCUT2D eigenvalue weighted by molar-refractivity contribution is -0.119. The van der Waals surface area contributed by atoms with E-state index in [1.807, 2.05) is 36.4 Å². The zero-order valence-corrected chi connectivity index (χ0v) is 14.6. The van der Waals surface area contributed by atoms with Gasteiger partial charge in [-0.2, -0.15) is 0 Å². The molecule has 1 amide bonds. The summed E-state index contributed by atoms with van der Waals surface area (Å²) in [6.45, 7) is 2.52. The van der Waals surface area contributed by atoms with E-state index < -0.39 is 0 Å². The molecule has 1 saturated heterocycles. The van der Waals surface area contributed by atoms with Crippen LogP contribution >= 0.6 is 12.4 Å². The van der Waals surface area contributed by atoms with Crippen molar-refractivity contribution in [3.05, 3.63) is 54.1 Å². The van der Waals surface area contributed by atoms with Gasteiger partial charge in [0.05, 0.1) is 11.6 Å². The maximum absolute atomic E-state index is 12.8. The highest BCUT2D eigenvalue weighted by Gasteiger charge is 2.34. The van der Waals surface area contributed by atoms with Crippen LogP contribution in [0.2, 0.25) is 0 Å². The van der Waals surface area contributed by atoms with Gasteiger partial charge in [0.2, 0.25) is 5.91 Å². The second-order valence-corrected chi connectivity index (χ2v) is 6.10. The third-order valence-corrected chi connectivity index (χ3v) is 4.60. The van der Waals surface area contributed by atoms with E-state index in [9.17, 15) is 4.79 Å². The monoisotopic (exact) mass is 360 g/mol. The maximum atomic E-state index is 12.8. The SMILES string of the molecule is Cl.O=C(Nc1cccc2c1OCCO2)C1CNCC1c1ccccc1. The highest BCUT2D eigenvalue weighted by molar-refractivity contribution is 5.95. The van der Waals surface area contributed by atoms with Gasteiger partial charge < -0.3 is 20.1 Å². The molecule has 0 radical (unpaired) electrons. The summed E-state index contributed by atoms with van der Waals surface area (Å²) in [5, 5.41) is 6.36. The number of fused-ring (bicyclic) bond motifs is 1. The molecule has 2 N–H and O–H groups in total. The second kappa shape index (κ2) is 7.76. The third kappa shape index (κ3) is 3.57. The molecule has 6 heteroatoms. The fourth-order valence-electron chi connectivity index (χ4n) is 3.40. The van der Waals surface area contributed by atoms with Gasteiger partial charge in [-0.25, -0.2) is 0 Å². The third-order valence-electron chi connectivity index (χ3n) is 4.60. The summed E-state index contributed by atoms with van der Waals surface area (Å²) in [5.41, 5.74) is 1.87. The lowest BCUT2D eigenvalue weighted by Crippen LogP contribution is -2.28. The van der Waals surface area contributed by atoms with E-state index >= 15 is 0 Å². The standard InChI is InChI=1S/C19H20N2O3.ClH/c22-19(15-12-20-11-14(15)13-5-2-1-3-6-13)21-16-7-4-8-17-18(16)24-10-9-23-17;/h1-8,14-15,20H,9-12H2,(H,21,22);1H. The first-order valence-corrected chi connectivity index (χ1v) is 8.28. The van der Waals surface area contributed by atoms with Crippen LogP contribution in [0.5, 0.6) is 11.5 Å². The molecule has 0 saturated carbocycles. The van der Waals surface area contributed by atoms with Crippen LogP contribution in [0, 0.1) is 5.92 Å². The first kappa shape index (κ1) is 17.6. The first-order valence-electron chi connectivity index (χ1n) is 8.28. The molecule has 2 heterocycles. The highest BCUT2D eigenvalue weighted by Crippen LogP contribution is 2.38. The molecule has 2 unspecified atom stereocenters. The summed E-state index contributed by atoms with van der Waals surface area (Å²) in [7, 11) is 0. The minimum atomic E-state index is -0.104. The Morgan fingerprint density at radius 3 is 2.64 bits per heavy atom. The Kier molecular flexibility index (Phi) is 5.46. The van der Waals surface area contributed by atoms with E-state index in [4.69, 9.17) is 9.47 Å². The van der Waals surface area contributed by atoms with Gasteiger partial charge in [-0.3, -0.25) is 4.79 Å². The van der Waals surface area contributed by atoms with Crippen LogP contribution in [0.1, 0.15) is 11.5 Å². The number of para-hydroxylation sites is 1. The van der Waals surface area contributed by atoms with Crippen molar-refractivity contribution in [2.45, 2.75) is 5.92 Å². The molecule has 2 atom stereocenters. The molecule has 25 heavy (non-hydrogen) atoms. The largest absolute Gasteiger partial charge is 0.486 e. The van der Waals surface area contributed by atoms with Crippen molar-refractivity contribution in [1.82, 2.24) is 5.32 Å². The van der Waals surface area contributed by atoms with Crippen molar-refractivity contribution in [3.8, 4) is 11.5 Å². The lowest BCUT2D eigenvalue weighted by atomic mass is 9.88. The van der Waals surface area contributed by atoms with Crippen molar-refractivity contribution in [2.24, 2.45) is 5.92 Å². The number of benzene rings is 2. The summed E-state index contributed by atoms with van der Waals surface area (Å²) < 4.78 is 11.2. The van der Waals surface area contributed by atoms with Gasteiger partial charge in [-0.05, 0) is 17.7 Å². The Labute approximate surface area is 153 Å². The molecule has 0 aliphatic carbocycles. The topological polar surface area (TPSA) is 59.6 Å². The van der Waals surface area contributed by atoms with E-state index in [2.05, 4.69) is 22.8 Å². The summed E-state index contributed by atoms with van der Waals surface area (Å²) in [6.07, 6.45) is 0. The summed E-state index contributed by atoms with van der Waals surface area (Å²) in [5.74, 6) is 1.40. The zero-order valence-electron chi connectivity index (χ0n) is 13.7. The number of carbonyl (C=O) groups is 1. The molecule has 0 aromatic heterocycles. The molecule has 1 fully saturated rings. The average Bonchev–Trinajstić information content (AvgIpc) is 3.13. The van der Waals surface area contributed by atoms with E-state index in [1.54, 1.807) is 0 Å². The number of hydrogen-bond acceptors (Lipinski definition) is 4. The first-order chi connectivity index (χ1) is 11.8. The Bertz CT molecular complexity index is 739. The molecule has 2 aromatic carbocycles. The van der Waals surface area contributed by atoms with Crippen LogP contribution in [0.15, 0.2) is 48.5 Å². The van der Waals surface area contributed by atoms with E-state index in [0.29, 0.717) is 36.9 Å². The molecule has 2 aromatic rings. The van der Waals surface area contributed by atoms with Crippen molar-refractivity contribution in [1.29, 1.82) is 0 Å². The molecule has 0 bridgehead atoms. The van der Waals surface area contributed by atoms with Gasteiger partial charge in [0.15, 0.2) is 11.5 Å². The fraction of sp³-hybridized carbons (Fsp3) is 0.316. The second-order valence-electron chi connectivity index (χ2n) is 6.10. The maximum Gasteiger partial charge on any atom is 0.229 e. The number of halogens is 1. The molecule has 2 aliphatic rings. The molecule has 2 aliphatic heterocycles. The molecule has 132 valence electrons. The van der Waals surface area contributed by atoms with Crippen LogP contribution in [-0.2, 0) is 4.79 Å². The predicted molar refractivity (Wildman–Crippen MR) is 98.9 cm³/mol. The van der Waals surface area contributed by atoms with Crippen molar-refractivity contribution >= 4 is 24.0 Å². The van der Waals surface area contributed by atoms with Crippen molar-refractivity contribution in [3.63, 3.8) is 0 Å². The minimum absolute atomic E-state index is 0. The molecule has 4 rings (SSSR count). The summed E-state index contributed by atoms with van der Waals surface area (Å²) in [4.78, 5) is 12.8. The van der Waals surface area contributed by atoms with Crippen LogP contribution < -0.4 is 20.1 Å². The van der Waals surface area contributed by atoms with Gasteiger partial charge in [-0.15, -0.1) is 12.4 Å². The number of amides is 1. The van der Waals surface area contributed by atoms with Crippen LogP contribution in [0.4, 0.5) is 5.69 Å². The Morgan fingerprint density at radius 1 is 1.00 bits per heavy atom. The van der Waals surface area contributed by atoms with E-state index in [1.165, 1.54) is 5.56 Å². The number of hydrogen-bond donors (Lipinski definition) is 2. The Balaban J connectivity index is 0.00000182. The highest BCUT2D eigenvalue weighted by atomic mass is 35.5. The number of anilines is 1. The Hall–Kier alpha value is -2.24. The summed E-state index contributed by atoms with van der Waals surface area (Å²) >= 11 is 0. The number of nitrogens with one attached hydrogen (secondary N) is 2. The number of ether oxygens (including phenoxy) is 2. The lowest BCUT2D eigenvalue weighted by Gasteiger charge is -2.23. The number of rotatable bonds is 3. The quantitative estimate of drug-likeness (QED) is 0.883. The molecular formula is C19H21ClN2O3. The van der Waals surface area contributed by atoms with E-state index in [-0.39, 0.29) is 30.2 Å². The van der Waals surface area contributed by atoms with Crippen LogP contribution in [-0.4, -0.2) is 32.2 Å². The molecular weight excluding hydrogens is 340 g/mol. The zero-order chi connectivity index (χ0) is 16.4. The van der Waals surface area contributed by atoms with Gasteiger partial charge in [-0.1, -0.05) is 36.4 Å².